The van der Waals surface area contributed by atoms with Gasteiger partial charge in [-0.2, -0.15) is 0 Å². The summed E-state index contributed by atoms with van der Waals surface area (Å²) < 4.78 is 22.0. The highest BCUT2D eigenvalue weighted by Crippen LogP contribution is 2.38. The molecule has 0 bridgehead atoms. The molecule has 178 valence electrons. The minimum Gasteiger partial charge on any atom is -0.493 e. The van der Waals surface area contributed by atoms with Crippen molar-refractivity contribution in [3.63, 3.8) is 0 Å². The van der Waals surface area contributed by atoms with E-state index < -0.39 is 0 Å². The number of carbonyl (C=O) groups is 1. The predicted molar refractivity (Wildman–Crippen MR) is 133 cm³/mol. The second kappa shape index (κ2) is 12.3. The first kappa shape index (κ1) is 24.7. The van der Waals surface area contributed by atoms with Gasteiger partial charge in [0.1, 0.15) is 12.4 Å². The summed E-state index contributed by atoms with van der Waals surface area (Å²) in [5, 5.41) is 0. The molecule has 0 aromatic heterocycles. The van der Waals surface area contributed by atoms with Crippen molar-refractivity contribution < 1.29 is 23.7 Å². The van der Waals surface area contributed by atoms with Gasteiger partial charge in [0.2, 0.25) is 11.7 Å². The summed E-state index contributed by atoms with van der Waals surface area (Å²) in [6, 6.07) is 21.5. The van der Waals surface area contributed by atoms with Crippen LogP contribution in [0.4, 0.5) is 0 Å². The first-order chi connectivity index (χ1) is 16.6. The van der Waals surface area contributed by atoms with Crippen molar-refractivity contribution in [3.8, 4) is 23.0 Å². The number of ether oxygens (including phenoxy) is 4. The molecule has 0 N–H and O–H groups in total. The van der Waals surface area contributed by atoms with E-state index in [9.17, 15) is 4.79 Å². The van der Waals surface area contributed by atoms with Gasteiger partial charge in [-0.15, -0.1) is 0 Å². The summed E-state index contributed by atoms with van der Waals surface area (Å²) in [7, 11) is 4.68. The zero-order chi connectivity index (χ0) is 24.3. The van der Waals surface area contributed by atoms with Crippen molar-refractivity contribution in [1.82, 2.24) is 4.90 Å². The highest BCUT2D eigenvalue weighted by molar-refractivity contribution is 5.92. The summed E-state index contributed by atoms with van der Waals surface area (Å²) in [6.45, 7) is 3.58. The van der Waals surface area contributed by atoms with E-state index in [1.807, 2.05) is 61.5 Å². The molecule has 0 aliphatic heterocycles. The highest BCUT2D eigenvalue weighted by atomic mass is 16.5. The third kappa shape index (κ3) is 6.54. The Balaban J connectivity index is 1.63. The minimum absolute atomic E-state index is 0.0827. The van der Waals surface area contributed by atoms with E-state index in [0.717, 1.165) is 22.4 Å². The van der Waals surface area contributed by atoms with Crippen molar-refractivity contribution in [2.75, 3.05) is 27.9 Å². The van der Waals surface area contributed by atoms with Crippen LogP contribution in [-0.4, -0.2) is 38.7 Å². The lowest BCUT2D eigenvalue weighted by molar-refractivity contribution is -0.126. The molecule has 34 heavy (non-hydrogen) atoms. The van der Waals surface area contributed by atoms with Crippen LogP contribution in [0.2, 0.25) is 0 Å². The number of methoxy groups -OCH3 is 3. The fraction of sp³-hybridized carbons (Fsp3) is 0.250. The quantitative estimate of drug-likeness (QED) is 0.360. The van der Waals surface area contributed by atoms with Crippen LogP contribution in [0.15, 0.2) is 72.8 Å². The molecular weight excluding hydrogens is 430 g/mol. The van der Waals surface area contributed by atoms with Gasteiger partial charge in [-0.25, -0.2) is 0 Å². The average Bonchev–Trinajstić information content (AvgIpc) is 2.89. The normalized spacial score (nSPS) is 10.7. The van der Waals surface area contributed by atoms with E-state index in [1.165, 1.54) is 0 Å². The van der Waals surface area contributed by atoms with Gasteiger partial charge >= 0.3 is 0 Å². The topological polar surface area (TPSA) is 57.2 Å². The van der Waals surface area contributed by atoms with Crippen LogP contribution in [0.25, 0.3) is 6.08 Å². The zero-order valence-electron chi connectivity index (χ0n) is 20.1. The van der Waals surface area contributed by atoms with Gasteiger partial charge in [-0.1, -0.05) is 42.5 Å². The Hall–Kier alpha value is -3.93. The molecule has 0 aliphatic carbocycles. The summed E-state index contributed by atoms with van der Waals surface area (Å²) >= 11 is 0. The number of likely N-dealkylation sites (N-methyl/N-ethyl adjacent to an activating group) is 1. The van der Waals surface area contributed by atoms with E-state index in [1.54, 1.807) is 50.5 Å². The molecule has 6 nitrogen and oxygen atoms in total. The summed E-state index contributed by atoms with van der Waals surface area (Å²) in [5.41, 5.74) is 2.93. The van der Waals surface area contributed by atoms with Gasteiger partial charge in [0.25, 0.3) is 0 Å². The summed E-state index contributed by atoms with van der Waals surface area (Å²) in [5.74, 6) is 2.30. The Bertz CT molecular complexity index is 1070. The maximum Gasteiger partial charge on any atom is 0.246 e. The van der Waals surface area contributed by atoms with E-state index in [0.29, 0.717) is 36.9 Å². The van der Waals surface area contributed by atoms with Gasteiger partial charge in [-0.05, 0) is 54.0 Å². The number of benzene rings is 3. The third-order valence-electron chi connectivity index (χ3n) is 5.34. The van der Waals surface area contributed by atoms with Crippen LogP contribution in [0, 0.1) is 0 Å². The molecule has 0 radical (unpaired) electrons. The van der Waals surface area contributed by atoms with Crippen molar-refractivity contribution in [3.05, 3.63) is 89.5 Å². The lowest BCUT2D eigenvalue weighted by Gasteiger charge is -2.19. The molecule has 0 saturated carbocycles. The van der Waals surface area contributed by atoms with E-state index >= 15 is 0 Å². The van der Waals surface area contributed by atoms with Crippen LogP contribution in [0.5, 0.6) is 23.0 Å². The molecule has 0 aliphatic rings. The molecule has 0 saturated heterocycles. The second-order valence-electron chi connectivity index (χ2n) is 7.56. The van der Waals surface area contributed by atoms with Gasteiger partial charge in [0, 0.05) is 19.2 Å². The highest BCUT2D eigenvalue weighted by Gasteiger charge is 2.13. The van der Waals surface area contributed by atoms with Gasteiger partial charge in [0.05, 0.1) is 21.3 Å². The second-order valence-corrected chi connectivity index (χ2v) is 7.56. The van der Waals surface area contributed by atoms with Crippen molar-refractivity contribution in [2.24, 2.45) is 0 Å². The molecule has 0 heterocycles. The number of rotatable bonds is 11. The van der Waals surface area contributed by atoms with Crippen LogP contribution < -0.4 is 18.9 Å². The van der Waals surface area contributed by atoms with Crippen LogP contribution in [0.1, 0.15) is 23.6 Å². The molecular formula is C28H31NO5. The number of hydrogen-bond donors (Lipinski definition) is 0. The average molecular weight is 462 g/mol. The van der Waals surface area contributed by atoms with Crippen molar-refractivity contribution >= 4 is 12.0 Å². The fourth-order valence-corrected chi connectivity index (χ4v) is 3.47. The Labute approximate surface area is 201 Å². The smallest absolute Gasteiger partial charge is 0.246 e. The maximum atomic E-state index is 12.8. The van der Waals surface area contributed by atoms with Crippen molar-refractivity contribution in [2.45, 2.75) is 20.1 Å². The molecule has 6 heteroatoms. The molecule has 0 unspecified atom stereocenters. The molecule has 1 amide bonds. The molecule has 3 aromatic rings. The van der Waals surface area contributed by atoms with Gasteiger partial charge in [0.15, 0.2) is 11.5 Å². The van der Waals surface area contributed by atoms with Gasteiger partial charge in [-0.3, -0.25) is 4.79 Å². The molecule has 3 aromatic carbocycles. The van der Waals surface area contributed by atoms with Crippen molar-refractivity contribution in [1.29, 1.82) is 0 Å². The number of carbonyl (C=O) groups excluding carboxylic acids is 1. The lowest BCUT2D eigenvalue weighted by atomic mass is 10.1. The molecule has 3 rings (SSSR count). The maximum absolute atomic E-state index is 12.8. The van der Waals surface area contributed by atoms with Crippen LogP contribution >= 0.6 is 0 Å². The Morgan fingerprint density at radius 1 is 0.853 bits per heavy atom. The largest absolute Gasteiger partial charge is 0.493 e. The zero-order valence-corrected chi connectivity index (χ0v) is 20.1. The third-order valence-corrected chi connectivity index (χ3v) is 5.34. The number of nitrogens with zero attached hydrogens (tertiary/aromatic N) is 1. The predicted octanol–water partition coefficient (Wildman–Crippen LogP) is 5.35. The molecule has 0 fully saturated rings. The first-order valence-corrected chi connectivity index (χ1v) is 11.1. The molecule has 0 spiro atoms. The minimum atomic E-state index is -0.0827. The molecule has 0 atom stereocenters. The summed E-state index contributed by atoms with van der Waals surface area (Å²) in [4.78, 5) is 14.6. The SMILES string of the molecule is CCN(Cc1ccc(OCc2ccccc2)cc1)C(=O)/C=C/c1cc(OC)c(OC)c(OC)c1. The monoisotopic (exact) mass is 461 g/mol. The Kier molecular flexibility index (Phi) is 8.97. The number of hydrogen-bond acceptors (Lipinski definition) is 5. The van der Waals surface area contributed by atoms with Gasteiger partial charge < -0.3 is 23.8 Å². The summed E-state index contributed by atoms with van der Waals surface area (Å²) in [6.07, 6.45) is 3.30. The van der Waals surface area contributed by atoms with E-state index in [4.69, 9.17) is 18.9 Å². The first-order valence-electron chi connectivity index (χ1n) is 11.1. The van der Waals surface area contributed by atoms with E-state index in [2.05, 4.69) is 0 Å². The fourth-order valence-electron chi connectivity index (χ4n) is 3.47. The van der Waals surface area contributed by atoms with E-state index in [-0.39, 0.29) is 5.91 Å². The Morgan fingerprint density at radius 3 is 2.06 bits per heavy atom. The van der Waals surface area contributed by atoms with Crippen LogP contribution in [0.3, 0.4) is 0 Å². The van der Waals surface area contributed by atoms with Crippen LogP contribution in [-0.2, 0) is 17.9 Å². The Morgan fingerprint density at radius 2 is 1.50 bits per heavy atom. The number of amides is 1. The lowest BCUT2D eigenvalue weighted by Crippen LogP contribution is -2.28. The standard InChI is InChI=1S/C28H31NO5/c1-5-29(19-21-11-14-24(15-12-21)34-20-22-9-7-6-8-10-22)27(30)16-13-23-17-25(31-2)28(33-4)26(18-23)32-3/h6-18H,5,19-20H2,1-4H3/b16-13+.